The Balaban J connectivity index is 2.20. The topological polar surface area (TPSA) is 38.5 Å². The molecule has 0 amide bonds. The van der Waals surface area contributed by atoms with E-state index in [9.17, 15) is 0 Å². The summed E-state index contributed by atoms with van der Waals surface area (Å²) >= 11 is 0. The maximum Gasteiger partial charge on any atom is 0.0806 e. The lowest BCUT2D eigenvalue weighted by Crippen LogP contribution is -2.26. The molecule has 0 fully saturated rings. The fourth-order valence-electron chi connectivity index (χ4n) is 1.28. The van der Waals surface area contributed by atoms with Gasteiger partial charge in [-0.1, -0.05) is 30.3 Å². The van der Waals surface area contributed by atoms with Gasteiger partial charge >= 0.3 is 0 Å². The Morgan fingerprint density at radius 2 is 1.93 bits per heavy atom. The molecule has 0 aliphatic rings. The summed E-state index contributed by atoms with van der Waals surface area (Å²) in [6.45, 7) is 2.50. The van der Waals surface area contributed by atoms with Crippen LogP contribution in [0.15, 0.2) is 30.3 Å². The molecule has 0 atom stereocenters. The van der Waals surface area contributed by atoms with E-state index in [2.05, 4.69) is 41.1 Å². The third-order valence-electron chi connectivity index (χ3n) is 2.22. The van der Waals surface area contributed by atoms with Gasteiger partial charge in [0.15, 0.2) is 0 Å². The number of rotatable bonds is 6. The lowest BCUT2D eigenvalue weighted by atomic mass is 10.1. The van der Waals surface area contributed by atoms with Gasteiger partial charge in [0, 0.05) is 13.1 Å². The minimum atomic E-state index is 0.589. The van der Waals surface area contributed by atoms with Gasteiger partial charge in [-0.15, -0.1) is 0 Å². The largest absolute Gasteiger partial charge is 0.304 e. The molecule has 3 nitrogen and oxygen atoms in total. The Kier molecular flexibility index (Phi) is 5.22. The predicted molar refractivity (Wildman–Crippen MR) is 57.8 cm³/mol. The molecule has 14 heavy (non-hydrogen) atoms. The van der Waals surface area contributed by atoms with Crippen LogP contribution in [-0.4, -0.2) is 31.6 Å². The normalized spacial score (nSPS) is 10.8. The summed E-state index contributed by atoms with van der Waals surface area (Å²) in [5.74, 6) is 4.96. The smallest absolute Gasteiger partial charge is 0.0806 e. The summed E-state index contributed by atoms with van der Waals surface area (Å²) in [5.41, 5.74) is 1.37. The maximum atomic E-state index is 4.96. The van der Waals surface area contributed by atoms with E-state index in [-0.39, 0.29) is 0 Å². The lowest BCUT2D eigenvalue weighted by molar-refractivity contribution is 0.114. The van der Waals surface area contributed by atoms with Gasteiger partial charge in [-0.05, 0) is 19.0 Å². The van der Waals surface area contributed by atoms with Crippen molar-refractivity contribution in [2.45, 2.75) is 6.42 Å². The second-order valence-corrected chi connectivity index (χ2v) is 3.41. The predicted octanol–water partition coefficient (Wildman–Crippen LogP) is 1.05. The fourth-order valence-corrected chi connectivity index (χ4v) is 1.28. The molecule has 1 aromatic carbocycles. The molecule has 2 N–H and O–H groups in total. The first-order valence-electron chi connectivity index (χ1n) is 4.87. The molecule has 1 rings (SSSR count). The van der Waals surface area contributed by atoms with E-state index < -0.39 is 0 Å². The van der Waals surface area contributed by atoms with Crippen molar-refractivity contribution in [2.24, 2.45) is 5.90 Å². The van der Waals surface area contributed by atoms with Crippen LogP contribution in [0.4, 0.5) is 0 Å². The van der Waals surface area contributed by atoms with Gasteiger partial charge in [0.1, 0.15) is 0 Å². The molecule has 0 aliphatic carbocycles. The van der Waals surface area contributed by atoms with Crippen LogP contribution in [0.1, 0.15) is 5.56 Å². The summed E-state index contributed by atoms with van der Waals surface area (Å²) < 4.78 is 0. The summed E-state index contributed by atoms with van der Waals surface area (Å²) in [5, 5.41) is 0. The van der Waals surface area contributed by atoms with E-state index in [1.807, 2.05) is 6.07 Å². The highest BCUT2D eigenvalue weighted by Crippen LogP contribution is 2.00. The minimum absolute atomic E-state index is 0.589. The van der Waals surface area contributed by atoms with Crippen molar-refractivity contribution in [3.63, 3.8) is 0 Å². The average molecular weight is 194 g/mol. The van der Waals surface area contributed by atoms with E-state index in [1.54, 1.807) is 0 Å². The first-order chi connectivity index (χ1) is 6.83. The summed E-state index contributed by atoms with van der Waals surface area (Å²) in [6.07, 6.45) is 1.07. The number of nitrogens with zero attached hydrogens (tertiary/aromatic N) is 1. The molecule has 0 aliphatic heterocycles. The van der Waals surface area contributed by atoms with Crippen molar-refractivity contribution in [2.75, 3.05) is 26.7 Å². The number of likely N-dealkylation sites (N-methyl/N-ethyl adjacent to an activating group) is 1. The molecule has 0 aromatic heterocycles. The van der Waals surface area contributed by atoms with E-state index in [0.29, 0.717) is 6.61 Å². The number of hydrogen-bond donors (Lipinski definition) is 1. The van der Waals surface area contributed by atoms with Crippen LogP contribution < -0.4 is 5.90 Å². The van der Waals surface area contributed by atoms with Crippen molar-refractivity contribution < 1.29 is 4.84 Å². The molecule has 0 unspecified atom stereocenters. The molecule has 0 saturated heterocycles. The molecule has 0 radical (unpaired) electrons. The van der Waals surface area contributed by atoms with E-state index in [4.69, 9.17) is 5.90 Å². The quantitative estimate of drug-likeness (QED) is 0.688. The number of benzene rings is 1. The Labute approximate surface area is 85.4 Å². The van der Waals surface area contributed by atoms with Crippen molar-refractivity contribution in [1.82, 2.24) is 4.90 Å². The zero-order valence-electron chi connectivity index (χ0n) is 8.65. The summed E-state index contributed by atoms with van der Waals surface area (Å²) in [7, 11) is 2.07. The Bertz CT molecular complexity index is 238. The first-order valence-corrected chi connectivity index (χ1v) is 4.87. The zero-order chi connectivity index (χ0) is 10.2. The molecule has 78 valence electrons. The van der Waals surface area contributed by atoms with Crippen molar-refractivity contribution in [3.05, 3.63) is 35.9 Å². The van der Waals surface area contributed by atoms with Crippen molar-refractivity contribution in [1.29, 1.82) is 0 Å². The Morgan fingerprint density at radius 1 is 1.21 bits per heavy atom. The summed E-state index contributed by atoms with van der Waals surface area (Å²) in [4.78, 5) is 6.73. The second-order valence-electron chi connectivity index (χ2n) is 3.41. The van der Waals surface area contributed by atoms with Crippen molar-refractivity contribution in [3.8, 4) is 0 Å². The molecule has 0 heterocycles. The average Bonchev–Trinajstić information content (AvgIpc) is 2.25. The third-order valence-corrected chi connectivity index (χ3v) is 2.22. The van der Waals surface area contributed by atoms with Crippen LogP contribution in [0.3, 0.4) is 0 Å². The van der Waals surface area contributed by atoms with Crippen molar-refractivity contribution >= 4 is 0 Å². The zero-order valence-corrected chi connectivity index (χ0v) is 8.65. The number of nitrogens with two attached hydrogens (primary N) is 1. The van der Waals surface area contributed by atoms with Crippen LogP contribution in [0, 0.1) is 0 Å². The molecular weight excluding hydrogens is 176 g/mol. The monoisotopic (exact) mass is 194 g/mol. The van der Waals surface area contributed by atoms with E-state index in [0.717, 1.165) is 19.5 Å². The fraction of sp³-hybridized carbons (Fsp3) is 0.455. The number of hydrogen-bond acceptors (Lipinski definition) is 3. The third kappa shape index (κ3) is 4.37. The minimum Gasteiger partial charge on any atom is -0.304 e. The first kappa shape index (κ1) is 11.2. The maximum absolute atomic E-state index is 4.96. The molecule has 0 spiro atoms. The lowest BCUT2D eigenvalue weighted by Gasteiger charge is -2.15. The van der Waals surface area contributed by atoms with E-state index >= 15 is 0 Å². The molecule has 3 heteroatoms. The highest BCUT2D eigenvalue weighted by Gasteiger charge is 1.98. The standard InChI is InChI=1S/C11H18N2O/c1-13(9-10-14-12)8-7-11-5-3-2-4-6-11/h2-6H,7-10,12H2,1H3. The highest BCUT2D eigenvalue weighted by molar-refractivity contribution is 5.14. The highest BCUT2D eigenvalue weighted by atomic mass is 16.6. The van der Waals surface area contributed by atoms with Gasteiger partial charge < -0.3 is 9.74 Å². The van der Waals surface area contributed by atoms with Crippen LogP contribution in [-0.2, 0) is 11.3 Å². The van der Waals surface area contributed by atoms with Gasteiger partial charge in [0.05, 0.1) is 6.61 Å². The van der Waals surface area contributed by atoms with Crippen LogP contribution >= 0.6 is 0 Å². The van der Waals surface area contributed by atoms with Gasteiger partial charge in [0.2, 0.25) is 0 Å². The Hall–Kier alpha value is -0.900. The molecule has 1 aromatic rings. The van der Waals surface area contributed by atoms with Gasteiger partial charge in [-0.25, -0.2) is 5.90 Å². The van der Waals surface area contributed by atoms with Crippen LogP contribution in [0.2, 0.25) is 0 Å². The molecule has 0 bridgehead atoms. The van der Waals surface area contributed by atoms with E-state index in [1.165, 1.54) is 5.56 Å². The van der Waals surface area contributed by atoms with Gasteiger partial charge in [-0.3, -0.25) is 0 Å². The second kappa shape index (κ2) is 6.54. The van der Waals surface area contributed by atoms with Gasteiger partial charge in [0.25, 0.3) is 0 Å². The SMILES string of the molecule is CN(CCON)CCc1ccccc1. The summed E-state index contributed by atoms with van der Waals surface area (Å²) in [6, 6.07) is 10.5. The van der Waals surface area contributed by atoms with Crippen LogP contribution in [0.25, 0.3) is 0 Å². The van der Waals surface area contributed by atoms with Gasteiger partial charge in [-0.2, -0.15) is 0 Å². The van der Waals surface area contributed by atoms with Crippen LogP contribution in [0.5, 0.6) is 0 Å². The molecular formula is C11H18N2O. The molecule has 0 saturated carbocycles. The Morgan fingerprint density at radius 3 is 2.57 bits per heavy atom.